The highest BCUT2D eigenvalue weighted by Crippen LogP contribution is 2.19. The van der Waals surface area contributed by atoms with Gasteiger partial charge in [-0.3, -0.25) is 4.99 Å². The van der Waals surface area contributed by atoms with Crippen molar-refractivity contribution < 1.29 is 13.2 Å². The zero-order valence-electron chi connectivity index (χ0n) is 16.5. The lowest BCUT2D eigenvalue weighted by Crippen LogP contribution is -2.43. The van der Waals surface area contributed by atoms with Gasteiger partial charge in [-0.1, -0.05) is 27.7 Å². The summed E-state index contributed by atoms with van der Waals surface area (Å²) in [4.78, 5) is 4.22. The molecule has 0 radical (unpaired) electrons. The van der Waals surface area contributed by atoms with Crippen molar-refractivity contribution in [1.29, 1.82) is 0 Å². The van der Waals surface area contributed by atoms with Crippen molar-refractivity contribution in [2.75, 3.05) is 38.8 Å². The monoisotopic (exact) mass is 363 g/mol. The highest BCUT2D eigenvalue weighted by molar-refractivity contribution is 7.90. The van der Waals surface area contributed by atoms with E-state index in [0.717, 1.165) is 25.5 Å². The van der Waals surface area contributed by atoms with Crippen LogP contribution in [0.3, 0.4) is 0 Å². The van der Waals surface area contributed by atoms with Crippen LogP contribution in [0.2, 0.25) is 0 Å². The first-order valence-corrected chi connectivity index (χ1v) is 10.8. The quantitative estimate of drug-likeness (QED) is 0.434. The second-order valence-electron chi connectivity index (χ2n) is 7.42. The number of hydrogen-bond donors (Lipinski definition) is 2. The Morgan fingerprint density at radius 3 is 2.33 bits per heavy atom. The van der Waals surface area contributed by atoms with Crippen molar-refractivity contribution in [3.63, 3.8) is 0 Å². The normalized spacial score (nSPS) is 14.8. The average Bonchev–Trinajstić information content (AvgIpc) is 2.47. The third-order valence-corrected chi connectivity index (χ3v) is 4.90. The maximum absolute atomic E-state index is 11.3. The van der Waals surface area contributed by atoms with Crippen molar-refractivity contribution >= 4 is 15.8 Å². The molecule has 2 N–H and O–H groups in total. The molecule has 0 aliphatic rings. The number of hydrogen-bond acceptors (Lipinski definition) is 4. The fourth-order valence-corrected chi connectivity index (χ4v) is 3.17. The summed E-state index contributed by atoms with van der Waals surface area (Å²) in [6.07, 6.45) is 3.06. The minimum atomic E-state index is -2.93. The standard InChI is InChI=1S/C17H37N3O3S/c1-8-23-15(14(2)3)9-11-19-16(18-6)20-13-17(4,5)10-12-24(7,21)22/h14-15H,8-13H2,1-7H3,(H2,18,19,20). The van der Waals surface area contributed by atoms with E-state index in [2.05, 4.69) is 43.3 Å². The van der Waals surface area contributed by atoms with E-state index in [1.807, 2.05) is 6.92 Å². The molecule has 0 spiro atoms. The minimum Gasteiger partial charge on any atom is -0.378 e. The summed E-state index contributed by atoms with van der Waals surface area (Å²) < 4.78 is 28.4. The molecule has 0 saturated carbocycles. The number of nitrogens with one attached hydrogen (secondary N) is 2. The van der Waals surface area contributed by atoms with Gasteiger partial charge in [0.1, 0.15) is 9.84 Å². The van der Waals surface area contributed by atoms with Crippen molar-refractivity contribution in [3.8, 4) is 0 Å². The predicted molar refractivity (Wildman–Crippen MR) is 102 cm³/mol. The molecule has 6 nitrogen and oxygen atoms in total. The summed E-state index contributed by atoms with van der Waals surface area (Å²) >= 11 is 0. The van der Waals surface area contributed by atoms with E-state index in [1.165, 1.54) is 6.26 Å². The van der Waals surface area contributed by atoms with Crippen LogP contribution in [-0.2, 0) is 14.6 Å². The Morgan fingerprint density at radius 1 is 1.25 bits per heavy atom. The Balaban J connectivity index is 4.28. The number of aliphatic imine (C=N–C) groups is 1. The lowest BCUT2D eigenvalue weighted by molar-refractivity contribution is 0.0258. The predicted octanol–water partition coefficient (Wildman–Crippen LogP) is 2.06. The number of sulfone groups is 1. The molecule has 1 atom stereocenters. The van der Waals surface area contributed by atoms with Crippen LogP contribution in [0.1, 0.15) is 47.5 Å². The van der Waals surface area contributed by atoms with E-state index in [1.54, 1.807) is 7.05 Å². The Labute approximate surface area is 148 Å². The zero-order chi connectivity index (χ0) is 18.8. The first kappa shape index (κ1) is 23.2. The van der Waals surface area contributed by atoms with Crippen LogP contribution in [0.5, 0.6) is 0 Å². The van der Waals surface area contributed by atoms with Crippen LogP contribution < -0.4 is 10.6 Å². The molecule has 0 aliphatic carbocycles. The van der Waals surface area contributed by atoms with Crippen LogP contribution in [-0.4, -0.2) is 59.2 Å². The van der Waals surface area contributed by atoms with E-state index in [-0.39, 0.29) is 17.3 Å². The van der Waals surface area contributed by atoms with Gasteiger partial charge in [0.05, 0.1) is 11.9 Å². The van der Waals surface area contributed by atoms with E-state index >= 15 is 0 Å². The summed E-state index contributed by atoms with van der Waals surface area (Å²) in [6.45, 7) is 12.6. The van der Waals surface area contributed by atoms with Gasteiger partial charge < -0.3 is 15.4 Å². The summed E-state index contributed by atoms with van der Waals surface area (Å²) in [5.74, 6) is 1.43. The first-order valence-electron chi connectivity index (χ1n) is 8.74. The lowest BCUT2D eigenvalue weighted by Gasteiger charge is -2.26. The molecular weight excluding hydrogens is 326 g/mol. The zero-order valence-corrected chi connectivity index (χ0v) is 17.3. The number of rotatable bonds is 11. The first-order chi connectivity index (χ1) is 11.0. The van der Waals surface area contributed by atoms with Gasteiger partial charge in [-0.2, -0.15) is 0 Å². The third kappa shape index (κ3) is 11.7. The largest absolute Gasteiger partial charge is 0.378 e. The molecule has 1 unspecified atom stereocenters. The average molecular weight is 364 g/mol. The SMILES string of the molecule is CCOC(CCNC(=NC)NCC(C)(C)CCS(C)(=O)=O)C(C)C. The molecular formula is C17H37N3O3S. The van der Waals surface area contributed by atoms with E-state index in [9.17, 15) is 8.42 Å². The van der Waals surface area contributed by atoms with Crippen molar-refractivity contribution in [3.05, 3.63) is 0 Å². The van der Waals surface area contributed by atoms with Crippen molar-refractivity contribution in [1.82, 2.24) is 10.6 Å². The second-order valence-corrected chi connectivity index (χ2v) is 9.68. The molecule has 0 saturated heterocycles. The fraction of sp³-hybridized carbons (Fsp3) is 0.941. The van der Waals surface area contributed by atoms with Gasteiger partial charge in [-0.05, 0) is 31.1 Å². The summed E-state index contributed by atoms with van der Waals surface area (Å²) in [6, 6.07) is 0. The minimum absolute atomic E-state index is 0.119. The summed E-state index contributed by atoms with van der Waals surface area (Å²) in [7, 11) is -1.19. The molecule has 0 bridgehead atoms. The number of ether oxygens (including phenoxy) is 1. The Hall–Kier alpha value is -0.820. The Morgan fingerprint density at radius 2 is 1.88 bits per heavy atom. The van der Waals surface area contributed by atoms with Crippen LogP contribution in [0.4, 0.5) is 0 Å². The van der Waals surface area contributed by atoms with Crippen LogP contribution in [0.25, 0.3) is 0 Å². The van der Waals surface area contributed by atoms with Crippen molar-refractivity contribution in [2.24, 2.45) is 16.3 Å². The molecule has 24 heavy (non-hydrogen) atoms. The molecule has 0 rings (SSSR count). The number of guanidine groups is 1. The van der Waals surface area contributed by atoms with Gasteiger partial charge in [-0.25, -0.2) is 8.42 Å². The van der Waals surface area contributed by atoms with E-state index in [4.69, 9.17) is 4.74 Å². The van der Waals surface area contributed by atoms with Gasteiger partial charge in [-0.15, -0.1) is 0 Å². The molecule has 0 amide bonds. The highest BCUT2D eigenvalue weighted by atomic mass is 32.2. The van der Waals surface area contributed by atoms with E-state index in [0.29, 0.717) is 18.9 Å². The van der Waals surface area contributed by atoms with Crippen LogP contribution in [0.15, 0.2) is 4.99 Å². The van der Waals surface area contributed by atoms with Gasteiger partial charge in [0, 0.05) is 33.0 Å². The second kappa shape index (κ2) is 10.9. The van der Waals surface area contributed by atoms with Gasteiger partial charge >= 0.3 is 0 Å². The maximum Gasteiger partial charge on any atom is 0.190 e. The molecule has 0 aliphatic heterocycles. The maximum atomic E-state index is 11.3. The topological polar surface area (TPSA) is 79.8 Å². The van der Waals surface area contributed by atoms with Gasteiger partial charge in [0.15, 0.2) is 5.96 Å². The lowest BCUT2D eigenvalue weighted by atomic mass is 9.90. The van der Waals surface area contributed by atoms with Crippen LogP contribution in [0, 0.1) is 11.3 Å². The molecule has 144 valence electrons. The Kier molecular flexibility index (Phi) is 10.6. The molecule has 0 aromatic heterocycles. The highest BCUT2D eigenvalue weighted by Gasteiger charge is 2.20. The number of nitrogens with zero attached hydrogens (tertiary/aromatic N) is 1. The summed E-state index contributed by atoms with van der Waals surface area (Å²) in [5, 5.41) is 6.58. The fourth-order valence-electron chi connectivity index (χ4n) is 2.25. The molecule has 0 heterocycles. The smallest absolute Gasteiger partial charge is 0.190 e. The van der Waals surface area contributed by atoms with Crippen molar-refractivity contribution in [2.45, 2.75) is 53.6 Å². The van der Waals surface area contributed by atoms with E-state index < -0.39 is 9.84 Å². The molecule has 0 aromatic carbocycles. The van der Waals surface area contributed by atoms with Gasteiger partial charge in [0.2, 0.25) is 0 Å². The van der Waals surface area contributed by atoms with Gasteiger partial charge in [0.25, 0.3) is 0 Å². The molecule has 0 aromatic rings. The Bertz CT molecular complexity index is 473. The summed E-state index contributed by atoms with van der Waals surface area (Å²) in [5.41, 5.74) is -0.119. The van der Waals surface area contributed by atoms with Crippen LogP contribution >= 0.6 is 0 Å². The molecule has 0 fully saturated rings. The molecule has 7 heteroatoms. The third-order valence-electron chi connectivity index (χ3n) is 3.95.